The molecule has 3 aliphatic rings. The Kier molecular flexibility index (Phi) is 5.61. The van der Waals surface area contributed by atoms with E-state index in [9.17, 15) is 9.18 Å². The first-order chi connectivity index (χ1) is 13.7. The normalized spacial score (nSPS) is 22.1. The van der Waals surface area contributed by atoms with E-state index in [1.165, 1.54) is 12.1 Å². The summed E-state index contributed by atoms with van der Waals surface area (Å²) >= 11 is 0. The Labute approximate surface area is 163 Å². The van der Waals surface area contributed by atoms with E-state index >= 15 is 0 Å². The molecule has 0 bridgehead atoms. The number of carbonyl (C=O) groups excluding carboxylic acids is 1. The van der Waals surface area contributed by atoms with Gasteiger partial charge in [-0.1, -0.05) is 0 Å². The summed E-state index contributed by atoms with van der Waals surface area (Å²) < 4.78 is 24.5. The van der Waals surface area contributed by atoms with Crippen molar-refractivity contribution in [2.24, 2.45) is 0 Å². The lowest BCUT2D eigenvalue weighted by molar-refractivity contribution is -0.110. The van der Waals surface area contributed by atoms with E-state index in [0.717, 1.165) is 38.4 Å². The maximum absolute atomic E-state index is 13.4. The van der Waals surface area contributed by atoms with Crippen molar-refractivity contribution in [3.8, 4) is 0 Å². The minimum Gasteiger partial charge on any atom is -0.486 e. The smallest absolute Gasteiger partial charge is 0.260 e. The number of nitrogens with one attached hydrogen (secondary N) is 1. The van der Waals surface area contributed by atoms with Crippen LogP contribution in [-0.4, -0.2) is 80.0 Å². The molecule has 3 heterocycles. The van der Waals surface area contributed by atoms with Gasteiger partial charge in [0.1, 0.15) is 18.2 Å². The van der Waals surface area contributed by atoms with Gasteiger partial charge in [0.05, 0.1) is 36.8 Å². The number of fused-ring (bicyclic) bond motifs is 1. The third-order valence-corrected chi connectivity index (χ3v) is 5.21. The molecule has 1 fully saturated rings. The Morgan fingerprint density at radius 3 is 2.82 bits per heavy atom. The van der Waals surface area contributed by atoms with E-state index < -0.39 is 0 Å². The van der Waals surface area contributed by atoms with E-state index in [-0.39, 0.29) is 18.3 Å². The number of aliphatic hydroxyl groups excluding tert-OH is 1. The summed E-state index contributed by atoms with van der Waals surface area (Å²) in [6.45, 7) is 5.95. The fraction of sp³-hybridized carbons (Fsp3) is 0.450. The fourth-order valence-corrected chi connectivity index (χ4v) is 3.72. The molecular formula is C20H24FN3O4. The lowest BCUT2D eigenvalue weighted by Gasteiger charge is -2.36. The van der Waals surface area contributed by atoms with E-state index in [4.69, 9.17) is 14.6 Å². The number of carbonyl (C=O) groups is 1. The van der Waals surface area contributed by atoms with E-state index in [2.05, 4.69) is 15.1 Å². The van der Waals surface area contributed by atoms with Crippen LogP contribution in [0.4, 0.5) is 10.1 Å². The van der Waals surface area contributed by atoms with Crippen molar-refractivity contribution in [3.63, 3.8) is 0 Å². The van der Waals surface area contributed by atoms with Gasteiger partial charge in [-0.15, -0.1) is 0 Å². The van der Waals surface area contributed by atoms with Crippen LogP contribution in [0, 0.1) is 5.82 Å². The van der Waals surface area contributed by atoms with Crippen molar-refractivity contribution in [1.29, 1.82) is 0 Å². The number of halogens is 1. The number of hydrogen-bond acceptors (Lipinski definition) is 6. The molecule has 8 heteroatoms. The molecule has 0 spiro atoms. The van der Waals surface area contributed by atoms with Gasteiger partial charge in [-0.05, 0) is 18.2 Å². The molecular weight excluding hydrogens is 365 g/mol. The van der Waals surface area contributed by atoms with Gasteiger partial charge in [0, 0.05) is 44.4 Å². The second-order valence-electron chi connectivity index (χ2n) is 6.97. The third-order valence-electron chi connectivity index (χ3n) is 5.21. The molecule has 3 aliphatic heterocycles. The van der Waals surface area contributed by atoms with Crippen molar-refractivity contribution in [3.05, 3.63) is 47.1 Å². The first-order valence-electron chi connectivity index (χ1n) is 9.50. The highest BCUT2D eigenvalue weighted by atomic mass is 19.1. The van der Waals surface area contributed by atoms with Gasteiger partial charge in [-0.2, -0.15) is 0 Å². The van der Waals surface area contributed by atoms with Crippen molar-refractivity contribution in [2.45, 2.75) is 0 Å². The molecule has 0 aromatic heterocycles. The van der Waals surface area contributed by atoms with Gasteiger partial charge >= 0.3 is 0 Å². The average Bonchev–Trinajstić information content (AvgIpc) is 3.29. The Balaban J connectivity index is 1.40. The number of ether oxygens (including phenoxy) is 2. The lowest BCUT2D eigenvalue weighted by atomic mass is 10.1. The minimum absolute atomic E-state index is 0.0528. The summed E-state index contributed by atoms with van der Waals surface area (Å²) in [4.78, 5) is 17.0. The van der Waals surface area contributed by atoms with Crippen LogP contribution in [0.2, 0.25) is 0 Å². The van der Waals surface area contributed by atoms with E-state index in [1.807, 2.05) is 6.08 Å². The highest BCUT2D eigenvalue weighted by Crippen LogP contribution is 2.37. The number of piperazine rings is 1. The van der Waals surface area contributed by atoms with Gasteiger partial charge < -0.3 is 24.8 Å². The van der Waals surface area contributed by atoms with Crippen molar-refractivity contribution in [1.82, 2.24) is 9.80 Å². The summed E-state index contributed by atoms with van der Waals surface area (Å²) in [7, 11) is 0. The van der Waals surface area contributed by atoms with Gasteiger partial charge in [-0.25, -0.2) is 4.39 Å². The topological polar surface area (TPSA) is 74.3 Å². The second kappa shape index (κ2) is 8.30. The quantitative estimate of drug-likeness (QED) is 0.559. The molecule has 4 rings (SSSR count). The van der Waals surface area contributed by atoms with Crippen molar-refractivity contribution in [2.75, 3.05) is 64.5 Å². The van der Waals surface area contributed by atoms with Crippen LogP contribution in [0.15, 0.2) is 35.7 Å². The van der Waals surface area contributed by atoms with Gasteiger partial charge in [0.15, 0.2) is 0 Å². The monoisotopic (exact) mass is 389 g/mol. The molecule has 1 amide bonds. The number of hydrogen-bond donors (Lipinski definition) is 2. The molecule has 7 nitrogen and oxygen atoms in total. The minimum atomic E-state index is -0.381. The van der Waals surface area contributed by atoms with E-state index in [1.54, 1.807) is 6.07 Å². The zero-order chi connectivity index (χ0) is 19.5. The summed E-state index contributed by atoms with van der Waals surface area (Å²) in [5.41, 5.74) is 2.67. The molecule has 0 saturated carbocycles. The fourth-order valence-electron chi connectivity index (χ4n) is 3.72. The van der Waals surface area contributed by atoms with Crippen LogP contribution in [0.5, 0.6) is 0 Å². The maximum Gasteiger partial charge on any atom is 0.260 e. The first kappa shape index (κ1) is 18.9. The zero-order valence-electron chi connectivity index (χ0n) is 15.6. The summed E-state index contributed by atoms with van der Waals surface area (Å²) in [5, 5.41) is 11.4. The molecule has 28 heavy (non-hydrogen) atoms. The van der Waals surface area contributed by atoms with Crippen LogP contribution >= 0.6 is 0 Å². The Morgan fingerprint density at radius 1 is 1.21 bits per heavy atom. The first-order valence-corrected chi connectivity index (χ1v) is 9.50. The van der Waals surface area contributed by atoms with Gasteiger partial charge in [0.25, 0.3) is 5.91 Å². The van der Waals surface area contributed by atoms with Crippen molar-refractivity contribution < 1.29 is 23.8 Å². The second-order valence-corrected chi connectivity index (χ2v) is 6.97. The van der Waals surface area contributed by atoms with E-state index in [0.29, 0.717) is 42.4 Å². The van der Waals surface area contributed by atoms with Crippen LogP contribution in [0.25, 0.3) is 5.57 Å². The van der Waals surface area contributed by atoms with Gasteiger partial charge in [-0.3, -0.25) is 9.69 Å². The number of aliphatic hydroxyl groups is 1. The predicted octanol–water partition coefficient (Wildman–Crippen LogP) is 1.03. The molecule has 2 N–H and O–H groups in total. The molecule has 0 atom stereocenters. The molecule has 1 aromatic carbocycles. The van der Waals surface area contributed by atoms with Crippen LogP contribution in [-0.2, 0) is 14.3 Å². The maximum atomic E-state index is 13.4. The van der Waals surface area contributed by atoms with Crippen LogP contribution in [0.3, 0.4) is 0 Å². The average molecular weight is 389 g/mol. The summed E-state index contributed by atoms with van der Waals surface area (Å²) in [6, 6.07) is 4.28. The highest BCUT2D eigenvalue weighted by Gasteiger charge is 2.31. The predicted molar refractivity (Wildman–Crippen MR) is 102 cm³/mol. The molecule has 0 radical (unpaired) electrons. The molecule has 1 saturated heterocycles. The molecule has 0 unspecified atom stereocenters. The Hall–Kier alpha value is -2.42. The number of anilines is 1. The Morgan fingerprint density at radius 2 is 2.04 bits per heavy atom. The van der Waals surface area contributed by atoms with Crippen molar-refractivity contribution >= 4 is 17.2 Å². The number of allylic oxidation sites excluding steroid dienone is 1. The molecule has 0 aliphatic carbocycles. The number of amides is 1. The lowest BCUT2D eigenvalue weighted by Crippen LogP contribution is -2.47. The molecule has 150 valence electrons. The third kappa shape index (κ3) is 3.89. The number of nitrogens with zero attached hydrogens (tertiary/aromatic N) is 2. The van der Waals surface area contributed by atoms with Crippen LogP contribution in [0.1, 0.15) is 5.56 Å². The standard InChI is InChI=1S/C20H24FN3O4/c21-14-1-2-16-17(11-14)22-20(26)19(16)18-12-15(13-28-18)24-5-3-23(4-6-24)7-9-27-10-8-25/h1-2,11-12,25H,3-10,13H2,(H,22,26)/b19-18-. The number of benzene rings is 1. The Bertz CT molecular complexity index is 816. The largest absolute Gasteiger partial charge is 0.486 e. The highest BCUT2D eigenvalue weighted by molar-refractivity contribution is 6.32. The van der Waals surface area contributed by atoms with Gasteiger partial charge in [0.2, 0.25) is 0 Å². The zero-order valence-corrected chi connectivity index (χ0v) is 15.6. The summed E-state index contributed by atoms with van der Waals surface area (Å²) in [6.07, 6.45) is 1.92. The summed E-state index contributed by atoms with van der Waals surface area (Å²) in [5.74, 6) is -0.105. The number of rotatable bonds is 6. The SMILES string of the molecule is O=C1Nc2cc(F)ccc2/C1=C1\C=C(N2CCN(CCOCCO)CC2)CO1. The van der Waals surface area contributed by atoms with Crippen LogP contribution < -0.4 is 5.32 Å². The molecule has 1 aromatic rings.